The largest absolute Gasteiger partial charge is 0.442 e. The maximum atomic E-state index is 12.8. The molecule has 0 saturated heterocycles. The van der Waals surface area contributed by atoms with E-state index >= 15 is 0 Å². The molecule has 0 spiro atoms. The van der Waals surface area contributed by atoms with Crippen molar-refractivity contribution in [2.45, 2.75) is 39.5 Å². The third kappa shape index (κ3) is 4.12. The number of hydrazine groups is 1. The SMILES string of the molecule is Cc1ccc(N(N)C(=O)OC(C)(C)C)cc1C(F)(F)F. The predicted octanol–water partition coefficient (Wildman–Crippen LogP) is 3.63. The van der Waals surface area contributed by atoms with Crippen LogP contribution in [0.15, 0.2) is 18.2 Å². The van der Waals surface area contributed by atoms with Crippen LogP contribution in [0.1, 0.15) is 31.9 Å². The molecule has 0 heterocycles. The monoisotopic (exact) mass is 290 g/mol. The molecule has 0 bridgehead atoms. The van der Waals surface area contributed by atoms with Gasteiger partial charge in [-0.05, 0) is 45.4 Å². The van der Waals surface area contributed by atoms with Crippen LogP contribution >= 0.6 is 0 Å². The Bertz CT molecular complexity index is 507. The highest BCUT2D eigenvalue weighted by molar-refractivity contribution is 5.86. The van der Waals surface area contributed by atoms with Crippen LogP contribution in [0.3, 0.4) is 0 Å². The van der Waals surface area contributed by atoms with Gasteiger partial charge in [-0.2, -0.15) is 13.2 Å². The van der Waals surface area contributed by atoms with Crippen LogP contribution in [0.4, 0.5) is 23.7 Å². The van der Waals surface area contributed by atoms with Crippen LogP contribution in [0, 0.1) is 6.92 Å². The number of hydrogen-bond donors (Lipinski definition) is 1. The average molecular weight is 290 g/mol. The minimum Gasteiger partial charge on any atom is -0.442 e. The summed E-state index contributed by atoms with van der Waals surface area (Å²) in [5, 5.41) is 0.555. The van der Waals surface area contributed by atoms with Crippen molar-refractivity contribution in [1.29, 1.82) is 0 Å². The van der Waals surface area contributed by atoms with Gasteiger partial charge in [-0.3, -0.25) is 0 Å². The maximum absolute atomic E-state index is 12.8. The number of nitrogens with two attached hydrogens (primary N) is 1. The molecule has 4 nitrogen and oxygen atoms in total. The van der Waals surface area contributed by atoms with Crippen LogP contribution < -0.4 is 10.9 Å². The molecule has 0 unspecified atom stereocenters. The number of alkyl halides is 3. The van der Waals surface area contributed by atoms with Gasteiger partial charge in [0.15, 0.2) is 0 Å². The molecule has 0 atom stereocenters. The zero-order chi connectivity index (χ0) is 15.7. The first-order chi connectivity index (χ1) is 8.92. The van der Waals surface area contributed by atoms with Crippen molar-refractivity contribution in [2.75, 3.05) is 5.01 Å². The number of nitrogens with zero attached hydrogens (tertiary/aromatic N) is 1. The topological polar surface area (TPSA) is 55.6 Å². The molecule has 0 aliphatic carbocycles. The lowest BCUT2D eigenvalue weighted by Crippen LogP contribution is -2.41. The first-order valence-corrected chi connectivity index (χ1v) is 5.87. The van der Waals surface area contributed by atoms with Crippen molar-refractivity contribution in [2.24, 2.45) is 5.84 Å². The summed E-state index contributed by atoms with van der Waals surface area (Å²) in [5.41, 5.74) is -1.66. The second-order valence-corrected chi connectivity index (χ2v) is 5.35. The number of halogens is 3. The van der Waals surface area contributed by atoms with Crippen molar-refractivity contribution in [3.05, 3.63) is 29.3 Å². The van der Waals surface area contributed by atoms with Gasteiger partial charge < -0.3 is 4.74 Å². The summed E-state index contributed by atoms with van der Waals surface area (Å²) in [6.45, 7) is 6.24. The van der Waals surface area contributed by atoms with E-state index in [0.717, 1.165) is 6.07 Å². The molecule has 0 fully saturated rings. The summed E-state index contributed by atoms with van der Waals surface area (Å²) < 4.78 is 43.4. The van der Waals surface area contributed by atoms with Gasteiger partial charge in [0.25, 0.3) is 0 Å². The van der Waals surface area contributed by atoms with Gasteiger partial charge in [-0.1, -0.05) is 6.07 Å². The highest BCUT2D eigenvalue weighted by Gasteiger charge is 2.33. The van der Waals surface area contributed by atoms with Gasteiger partial charge in [-0.25, -0.2) is 15.6 Å². The van der Waals surface area contributed by atoms with E-state index in [4.69, 9.17) is 10.6 Å². The zero-order valence-electron chi connectivity index (χ0n) is 11.7. The van der Waals surface area contributed by atoms with Crippen molar-refractivity contribution in [3.8, 4) is 0 Å². The Kier molecular flexibility index (Phi) is 4.33. The lowest BCUT2D eigenvalue weighted by atomic mass is 10.1. The van der Waals surface area contributed by atoms with Crippen LogP contribution in [-0.4, -0.2) is 11.7 Å². The van der Waals surface area contributed by atoms with Crippen LogP contribution in [0.25, 0.3) is 0 Å². The van der Waals surface area contributed by atoms with Gasteiger partial charge in [-0.15, -0.1) is 0 Å². The second kappa shape index (κ2) is 5.32. The van der Waals surface area contributed by atoms with Crippen molar-refractivity contribution < 1.29 is 22.7 Å². The summed E-state index contributed by atoms with van der Waals surface area (Å²) in [5.74, 6) is 5.50. The molecule has 7 heteroatoms. The minimum atomic E-state index is -4.51. The van der Waals surface area contributed by atoms with Crippen LogP contribution in [0.5, 0.6) is 0 Å². The molecule has 0 aliphatic rings. The van der Waals surface area contributed by atoms with Gasteiger partial charge in [0.05, 0.1) is 11.3 Å². The molecule has 1 aromatic carbocycles. The molecular weight excluding hydrogens is 273 g/mol. The Balaban J connectivity index is 3.06. The van der Waals surface area contributed by atoms with Gasteiger partial charge in [0, 0.05) is 0 Å². The summed E-state index contributed by atoms with van der Waals surface area (Å²) >= 11 is 0. The summed E-state index contributed by atoms with van der Waals surface area (Å²) in [6.07, 6.45) is -5.43. The molecule has 1 amide bonds. The van der Waals surface area contributed by atoms with E-state index in [9.17, 15) is 18.0 Å². The predicted molar refractivity (Wildman–Crippen MR) is 69.1 cm³/mol. The van der Waals surface area contributed by atoms with Gasteiger partial charge >= 0.3 is 12.3 Å². The Morgan fingerprint density at radius 1 is 1.25 bits per heavy atom. The van der Waals surface area contributed by atoms with E-state index in [1.54, 1.807) is 20.8 Å². The Hall–Kier alpha value is -1.76. The fraction of sp³-hybridized carbons (Fsp3) is 0.462. The molecule has 0 saturated carbocycles. The van der Waals surface area contributed by atoms with E-state index in [1.165, 1.54) is 19.1 Å². The van der Waals surface area contributed by atoms with E-state index in [-0.39, 0.29) is 11.3 Å². The summed E-state index contributed by atoms with van der Waals surface area (Å²) in [7, 11) is 0. The van der Waals surface area contributed by atoms with Crippen molar-refractivity contribution in [3.63, 3.8) is 0 Å². The third-order valence-corrected chi connectivity index (χ3v) is 2.39. The van der Waals surface area contributed by atoms with E-state index in [2.05, 4.69) is 0 Å². The van der Waals surface area contributed by atoms with Gasteiger partial charge in [0.2, 0.25) is 0 Å². The minimum absolute atomic E-state index is 0.0545. The van der Waals surface area contributed by atoms with Crippen LogP contribution in [0.2, 0.25) is 0 Å². The molecule has 2 N–H and O–H groups in total. The molecular formula is C13H17F3N2O2. The van der Waals surface area contributed by atoms with E-state index in [1.807, 2.05) is 0 Å². The number of aryl methyl sites for hydroxylation is 1. The molecule has 0 aromatic heterocycles. The summed E-state index contributed by atoms with van der Waals surface area (Å²) in [6, 6.07) is 3.40. The highest BCUT2D eigenvalue weighted by atomic mass is 19.4. The average Bonchev–Trinajstić information content (AvgIpc) is 2.24. The van der Waals surface area contributed by atoms with Gasteiger partial charge in [0.1, 0.15) is 5.60 Å². The fourth-order valence-electron chi connectivity index (χ4n) is 1.48. The molecule has 20 heavy (non-hydrogen) atoms. The van der Waals surface area contributed by atoms with Crippen molar-refractivity contribution >= 4 is 11.8 Å². The Morgan fingerprint density at radius 2 is 1.80 bits per heavy atom. The number of amides is 1. The molecule has 0 radical (unpaired) electrons. The van der Waals surface area contributed by atoms with Crippen LogP contribution in [-0.2, 0) is 10.9 Å². The number of benzene rings is 1. The lowest BCUT2D eigenvalue weighted by Gasteiger charge is -2.24. The molecule has 1 aromatic rings. The Labute approximate surface area is 115 Å². The standard InChI is InChI=1S/C13H17F3N2O2/c1-8-5-6-9(7-10(8)13(14,15)16)18(17)11(19)20-12(2,3)4/h5-7H,17H2,1-4H3. The Morgan fingerprint density at radius 3 is 2.25 bits per heavy atom. The second-order valence-electron chi connectivity index (χ2n) is 5.35. The van der Waals surface area contributed by atoms with E-state index < -0.39 is 23.4 Å². The number of rotatable bonds is 1. The van der Waals surface area contributed by atoms with E-state index in [0.29, 0.717) is 5.01 Å². The first-order valence-electron chi connectivity index (χ1n) is 5.87. The quantitative estimate of drug-likeness (QED) is 0.488. The number of carbonyl (C=O) groups excluding carboxylic acids is 1. The lowest BCUT2D eigenvalue weighted by molar-refractivity contribution is -0.138. The number of carbonyl (C=O) groups is 1. The smallest absolute Gasteiger partial charge is 0.429 e. The normalized spacial score (nSPS) is 12.2. The zero-order valence-corrected chi connectivity index (χ0v) is 11.7. The first kappa shape index (κ1) is 16.3. The number of ether oxygens (including phenoxy) is 1. The number of anilines is 1. The third-order valence-electron chi connectivity index (χ3n) is 2.39. The fourth-order valence-corrected chi connectivity index (χ4v) is 1.48. The van der Waals surface area contributed by atoms with Crippen molar-refractivity contribution in [1.82, 2.24) is 0 Å². The highest BCUT2D eigenvalue weighted by Crippen LogP contribution is 2.34. The maximum Gasteiger partial charge on any atom is 0.429 e. The molecule has 0 aliphatic heterocycles. The summed E-state index contributed by atoms with van der Waals surface area (Å²) in [4.78, 5) is 11.7. The molecule has 1 rings (SSSR count). The molecule has 112 valence electrons. The number of hydrogen-bond acceptors (Lipinski definition) is 3.